The number of esters is 1. The third-order valence-electron chi connectivity index (χ3n) is 5.14. The van der Waals surface area contributed by atoms with Crippen molar-refractivity contribution in [1.82, 2.24) is 14.5 Å². The maximum atomic E-state index is 12.7. The largest absolute Gasteiger partial charge is 0.453 e. The van der Waals surface area contributed by atoms with Gasteiger partial charge in [-0.05, 0) is 44.6 Å². The third kappa shape index (κ3) is 3.44. The topological polar surface area (TPSA) is 94.0 Å². The summed E-state index contributed by atoms with van der Waals surface area (Å²) in [6.07, 6.45) is 2.25. The molecule has 0 bridgehead atoms. The molecule has 0 fully saturated rings. The summed E-state index contributed by atoms with van der Waals surface area (Å²) in [5.41, 5.74) is 1.65. The van der Waals surface area contributed by atoms with Crippen LogP contribution in [0, 0.1) is 12.8 Å². The Hall–Kier alpha value is -2.26. The van der Waals surface area contributed by atoms with Crippen LogP contribution in [-0.2, 0) is 28.9 Å². The summed E-state index contributed by atoms with van der Waals surface area (Å²) in [6.45, 7) is 5.50. The average molecular weight is 420 g/mol. The van der Waals surface area contributed by atoms with Crippen molar-refractivity contribution in [1.29, 1.82) is 0 Å². The molecule has 0 radical (unpaired) electrons. The second kappa shape index (κ2) is 7.29. The summed E-state index contributed by atoms with van der Waals surface area (Å²) in [6, 6.07) is 0. The van der Waals surface area contributed by atoms with Crippen molar-refractivity contribution in [2.45, 2.75) is 52.7 Å². The standard InChI is InChI=1S/C19H21N3O4S2/c1-9-4-5-12-13(6-9)28-18-15(12)17(24)20-16(21-18)11(3)26-14(23)7-22-10(2)8-27-19(22)25/h8-9,11H,4-7H2,1-3H3,(H,20,21,24)/t9-,11+/m1/s1. The summed E-state index contributed by atoms with van der Waals surface area (Å²) >= 11 is 2.61. The van der Waals surface area contributed by atoms with E-state index in [0.717, 1.165) is 36.2 Å². The van der Waals surface area contributed by atoms with Crippen molar-refractivity contribution in [2.75, 3.05) is 0 Å². The van der Waals surface area contributed by atoms with Crippen molar-refractivity contribution < 1.29 is 9.53 Å². The highest BCUT2D eigenvalue weighted by molar-refractivity contribution is 7.18. The van der Waals surface area contributed by atoms with Crippen molar-refractivity contribution in [3.63, 3.8) is 0 Å². The van der Waals surface area contributed by atoms with Gasteiger partial charge in [0.2, 0.25) is 0 Å². The van der Waals surface area contributed by atoms with E-state index in [0.29, 0.717) is 27.7 Å². The van der Waals surface area contributed by atoms with Crippen molar-refractivity contribution in [2.24, 2.45) is 5.92 Å². The van der Waals surface area contributed by atoms with Gasteiger partial charge in [-0.1, -0.05) is 18.3 Å². The molecule has 9 heteroatoms. The molecule has 3 aromatic heterocycles. The van der Waals surface area contributed by atoms with Crippen LogP contribution in [0.15, 0.2) is 15.0 Å². The number of thiophene rings is 1. The Kier molecular flexibility index (Phi) is 4.96. The van der Waals surface area contributed by atoms with E-state index >= 15 is 0 Å². The lowest BCUT2D eigenvalue weighted by molar-refractivity contribution is -0.149. The SMILES string of the molecule is Cc1csc(=O)n1CC(=O)O[C@@H](C)c1nc2sc3c(c2c(=O)[nH]1)CC[C@@H](C)C3. The van der Waals surface area contributed by atoms with E-state index in [1.165, 1.54) is 9.44 Å². The quantitative estimate of drug-likeness (QED) is 0.656. The first-order valence-corrected chi connectivity index (χ1v) is 10.9. The highest BCUT2D eigenvalue weighted by atomic mass is 32.1. The van der Waals surface area contributed by atoms with Gasteiger partial charge in [0.05, 0.1) is 5.39 Å². The molecule has 0 saturated carbocycles. The van der Waals surface area contributed by atoms with Crippen LogP contribution in [0.3, 0.4) is 0 Å². The van der Waals surface area contributed by atoms with E-state index in [1.807, 2.05) is 0 Å². The average Bonchev–Trinajstić information content (AvgIpc) is 3.15. The van der Waals surface area contributed by atoms with Crippen molar-refractivity contribution >= 4 is 38.9 Å². The zero-order chi connectivity index (χ0) is 20.0. The Morgan fingerprint density at radius 1 is 1.46 bits per heavy atom. The van der Waals surface area contributed by atoms with Crippen molar-refractivity contribution in [3.8, 4) is 0 Å². The van der Waals surface area contributed by atoms with Gasteiger partial charge in [0.25, 0.3) is 5.56 Å². The van der Waals surface area contributed by atoms with Crippen LogP contribution in [0.2, 0.25) is 0 Å². The van der Waals surface area contributed by atoms with Gasteiger partial charge in [-0.15, -0.1) is 11.3 Å². The predicted octanol–water partition coefficient (Wildman–Crippen LogP) is 2.95. The van der Waals surface area contributed by atoms with E-state index < -0.39 is 12.1 Å². The van der Waals surface area contributed by atoms with Crippen LogP contribution >= 0.6 is 22.7 Å². The first-order valence-electron chi connectivity index (χ1n) is 9.22. The van der Waals surface area contributed by atoms with Crippen molar-refractivity contribution in [3.05, 3.63) is 47.4 Å². The number of aromatic nitrogens is 3. The first-order chi connectivity index (χ1) is 13.3. The lowest BCUT2D eigenvalue weighted by atomic mass is 9.89. The van der Waals surface area contributed by atoms with E-state index in [2.05, 4.69) is 16.9 Å². The zero-order valence-electron chi connectivity index (χ0n) is 15.9. The third-order valence-corrected chi connectivity index (χ3v) is 7.17. The minimum Gasteiger partial charge on any atom is -0.453 e. The Bertz CT molecular complexity index is 1170. The lowest BCUT2D eigenvalue weighted by Crippen LogP contribution is -2.24. The number of H-pyrrole nitrogens is 1. The molecule has 1 N–H and O–H groups in total. The highest BCUT2D eigenvalue weighted by Crippen LogP contribution is 2.35. The fourth-order valence-electron chi connectivity index (χ4n) is 3.57. The van der Waals surface area contributed by atoms with Gasteiger partial charge in [-0.25, -0.2) is 4.98 Å². The fourth-order valence-corrected chi connectivity index (χ4v) is 5.70. The monoisotopic (exact) mass is 419 g/mol. The van der Waals surface area contributed by atoms with Gasteiger partial charge in [-0.3, -0.25) is 19.0 Å². The first kappa shape index (κ1) is 19.1. The molecule has 0 aliphatic heterocycles. The number of ether oxygens (including phenoxy) is 1. The van der Waals surface area contributed by atoms with E-state index in [4.69, 9.17) is 4.74 Å². The van der Waals surface area contributed by atoms with Crippen LogP contribution in [0.25, 0.3) is 10.2 Å². The van der Waals surface area contributed by atoms with Gasteiger partial charge in [-0.2, -0.15) is 0 Å². The van der Waals surface area contributed by atoms with Crippen LogP contribution in [0.5, 0.6) is 0 Å². The number of nitrogens with one attached hydrogen (secondary N) is 1. The molecule has 3 aromatic rings. The molecular weight excluding hydrogens is 398 g/mol. The maximum Gasteiger partial charge on any atom is 0.326 e. The van der Waals surface area contributed by atoms with Crippen LogP contribution in [0.4, 0.5) is 0 Å². The Labute approximate surface area is 169 Å². The zero-order valence-corrected chi connectivity index (χ0v) is 17.5. The summed E-state index contributed by atoms with van der Waals surface area (Å²) in [5.74, 6) is 0.396. The Morgan fingerprint density at radius 2 is 2.25 bits per heavy atom. The Balaban J connectivity index is 1.58. The number of carbonyl (C=O) groups is 1. The molecule has 2 atom stereocenters. The summed E-state index contributed by atoms with van der Waals surface area (Å²) in [5, 5.41) is 2.38. The van der Waals surface area contributed by atoms with Gasteiger partial charge in [0.1, 0.15) is 11.4 Å². The van der Waals surface area contributed by atoms with Crippen LogP contribution in [-0.4, -0.2) is 20.5 Å². The molecule has 3 heterocycles. The van der Waals surface area contributed by atoms with Crippen LogP contribution in [0.1, 0.15) is 48.3 Å². The molecule has 28 heavy (non-hydrogen) atoms. The van der Waals surface area contributed by atoms with E-state index in [-0.39, 0.29) is 17.0 Å². The smallest absolute Gasteiger partial charge is 0.326 e. The Morgan fingerprint density at radius 3 is 2.96 bits per heavy atom. The molecule has 0 aromatic carbocycles. The van der Waals surface area contributed by atoms with Gasteiger partial charge < -0.3 is 9.72 Å². The summed E-state index contributed by atoms with van der Waals surface area (Å²) < 4.78 is 6.79. The van der Waals surface area contributed by atoms with Gasteiger partial charge in [0, 0.05) is 16.0 Å². The number of nitrogens with zero attached hydrogens (tertiary/aromatic N) is 2. The molecule has 1 aliphatic carbocycles. The molecule has 0 spiro atoms. The highest BCUT2D eigenvalue weighted by Gasteiger charge is 2.24. The number of aryl methyl sites for hydroxylation is 2. The van der Waals surface area contributed by atoms with Crippen LogP contribution < -0.4 is 10.4 Å². The second-order valence-electron chi connectivity index (χ2n) is 7.34. The number of rotatable bonds is 4. The minimum atomic E-state index is -0.711. The van der Waals surface area contributed by atoms with Gasteiger partial charge in [0.15, 0.2) is 11.9 Å². The predicted molar refractivity (Wildman–Crippen MR) is 109 cm³/mol. The summed E-state index contributed by atoms with van der Waals surface area (Å²) in [4.78, 5) is 45.8. The second-order valence-corrected chi connectivity index (χ2v) is 9.25. The molecular formula is C19H21N3O4S2. The number of carbonyl (C=O) groups excluding carboxylic acids is 1. The maximum absolute atomic E-state index is 12.7. The minimum absolute atomic E-state index is 0.157. The number of aromatic amines is 1. The van der Waals surface area contributed by atoms with E-state index in [9.17, 15) is 14.4 Å². The number of hydrogen-bond acceptors (Lipinski definition) is 7. The number of thiazole rings is 1. The normalized spacial score (nSPS) is 17.5. The molecule has 4 rings (SSSR count). The van der Waals surface area contributed by atoms with Gasteiger partial charge >= 0.3 is 10.8 Å². The molecule has 7 nitrogen and oxygen atoms in total. The molecule has 0 unspecified atom stereocenters. The molecule has 0 saturated heterocycles. The molecule has 1 aliphatic rings. The number of fused-ring (bicyclic) bond motifs is 3. The van der Waals surface area contributed by atoms with E-state index in [1.54, 1.807) is 30.6 Å². The molecule has 148 valence electrons. The lowest BCUT2D eigenvalue weighted by Gasteiger charge is -2.17. The number of hydrogen-bond donors (Lipinski definition) is 1. The summed E-state index contributed by atoms with van der Waals surface area (Å²) in [7, 11) is 0. The fraction of sp³-hybridized carbons (Fsp3) is 0.474. The molecule has 0 amide bonds.